The van der Waals surface area contributed by atoms with Crippen LogP contribution in [0.3, 0.4) is 0 Å². The van der Waals surface area contributed by atoms with Gasteiger partial charge in [-0.25, -0.2) is 0 Å². The summed E-state index contributed by atoms with van der Waals surface area (Å²) in [5.74, 6) is 0. The Labute approximate surface area is 518 Å². The summed E-state index contributed by atoms with van der Waals surface area (Å²) in [6.45, 7) is 29.7. The molecule has 0 aliphatic heterocycles. The molecule has 0 saturated carbocycles. The molecule has 10 nitrogen and oxygen atoms in total. The Morgan fingerprint density at radius 2 is 0.537 bits per heavy atom. The van der Waals surface area contributed by atoms with Crippen molar-refractivity contribution in [2.75, 3.05) is 46.2 Å². The van der Waals surface area contributed by atoms with Crippen LogP contribution in [0.2, 0.25) is 0 Å². The molecular formula is C67H138O10P2Ti. The number of hydrogen-bond acceptors (Lipinski definition) is 9. The Hall–Kier alpha value is 0.394. The van der Waals surface area contributed by atoms with Crippen molar-refractivity contribution < 1.29 is 70.0 Å². The van der Waals surface area contributed by atoms with E-state index in [1.807, 2.05) is 0 Å². The monoisotopic (exact) mass is 1210 g/mol. The van der Waals surface area contributed by atoms with Gasteiger partial charge in [-0.05, 0) is 46.5 Å². The van der Waals surface area contributed by atoms with Gasteiger partial charge < -0.3 is 38.9 Å². The third-order valence-electron chi connectivity index (χ3n) is 12.6. The predicted octanol–water partition coefficient (Wildman–Crippen LogP) is 18.1. The molecule has 0 amide bonds. The molecule has 0 aliphatic rings. The zero-order chi connectivity index (χ0) is 60.4. The van der Waals surface area contributed by atoms with E-state index in [2.05, 4.69) is 52.0 Å². The summed E-state index contributed by atoms with van der Waals surface area (Å²) in [5, 5.41) is 38.1. The molecule has 0 rings (SSSR count). The molecule has 0 heterocycles. The van der Waals surface area contributed by atoms with Gasteiger partial charge in [0.05, 0.1) is 28.4 Å². The maximum Gasteiger partial charge on any atom is 4.00 e. The summed E-state index contributed by atoms with van der Waals surface area (Å²) in [6, 6.07) is 0. The Balaban J connectivity index is -0.000000198. The van der Waals surface area contributed by atoms with Crippen LogP contribution in [0, 0.1) is 0 Å². The van der Waals surface area contributed by atoms with Crippen molar-refractivity contribution >= 4 is 17.2 Å². The normalized spacial score (nSPS) is 10.9. The molecule has 0 radical (unpaired) electrons. The van der Waals surface area contributed by atoms with E-state index in [0.29, 0.717) is 36.5 Å². The van der Waals surface area contributed by atoms with E-state index in [4.69, 9.17) is 13.6 Å². The fourth-order valence-corrected chi connectivity index (χ4v) is 9.05. The average Bonchev–Trinajstić information content (AvgIpc) is 3.42. The third kappa shape index (κ3) is 121. The van der Waals surface area contributed by atoms with Crippen LogP contribution in [-0.4, -0.2) is 61.8 Å². The fourth-order valence-electron chi connectivity index (χ4n) is 7.73. The van der Waals surface area contributed by atoms with Gasteiger partial charge >= 0.3 is 30.3 Å². The quantitative estimate of drug-likeness (QED) is 0.0204. The zero-order valence-electron chi connectivity index (χ0n) is 54.8. The second-order valence-electron chi connectivity index (χ2n) is 22.3. The van der Waals surface area contributed by atoms with E-state index in [-0.39, 0.29) is 41.5 Å². The number of rotatable bonds is 55. The maximum absolute atomic E-state index is 11.7. The van der Waals surface area contributed by atoms with Gasteiger partial charge in [-0.15, -0.1) is 45.7 Å². The maximum atomic E-state index is 11.7. The van der Waals surface area contributed by atoms with E-state index >= 15 is 0 Å². The smallest absolute Gasteiger partial charge is 0.852 e. The van der Waals surface area contributed by atoms with Gasteiger partial charge in [-0.2, -0.15) is 0 Å². The SMILES string of the molecule is C=C(C)C[O-].C=C(C)C[O-].C=C(C)C[O-].CC(C)[O-].CCCCCCCCCCCCCOP(O)[OH+]CCCCCCCCCCCCC.CCCCCCCCCCCCCOP([O-])OCCCCCCCCCCCCC.[Ti+4]. The minimum Gasteiger partial charge on any atom is -0.852 e. The predicted molar refractivity (Wildman–Crippen MR) is 341 cm³/mol. The molecule has 0 saturated heterocycles. The minimum atomic E-state index is -1.91. The van der Waals surface area contributed by atoms with Crippen molar-refractivity contribution in [2.45, 2.75) is 351 Å². The molecule has 0 aliphatic carbocycles. The summed E-state index contributed by atoms with van der Waals surface area (Å²) in [7, 11) is -3.44. The molecule has 480 valence electrons. The standard InChI is InChI=1S/C26H55O3P.C26H54O3P.3C4H7O.C3H7O.Ti/c2*1-3-5-7-9-11-13-15-17-19-21-23-25-28-30(27)29-26-24-22-20-18-16-14-12-10-8-6-4-2;3*1-4(2)3-5;1-3(2)4;/h27H,3-26H2,1-2H3;3-26H2,1-2H3;3*1,3H2,2H3;3H,1-2H3;/q;5*-1;+4/p+1. The second-order valence-corrected chi connectivity index (χ2v) is 24.3. The van der Waals surface area contributed by atoms with E-state index in [1.54, 1.807) is 34.6 Å². The molecule has 2 N–H and O–H groups in total. The summed E-state index contributed by atoms with van der Waals surface area (Å²) in [6.07, 6.45) is 58.1. The van der Waals surface area contributed by atoms with Crippen molar-refractivity contribution in [3.63, 3.8) is 0 Å². The van der Waals surface area contributed by atoms with Gasteiger partial charge in [0.15, 0.2) is 0 Å². The van der Waals surface area contributed by atoms with Crippen LogP contribution < -0.4 is 25.3 Å². The Morgan fingerprint density at radius 1 is 0.375 bits per heavy atom. The van der Waals surface area contributed by atoms with Crippen molar-refractivity contribution in [1.29, 1.82) is 0 Å². The molecule has 80 heavy (non-hydrogen) atoms. The zero-order valence-corrected chi connectivity index (χ0v) is 58.2. The third-order valence-corrected chi connectivity index (χ3v) is 14.2. The molecule has 0 fully saturated rings. The van der Waals surface area contributed by atoms with Crippen LogP contribution in [0.25, 0.3) is 0 Å². The van der Waals surface area contributed by atoms with Crippen LogP contribution in [0.4, 0.5) is 0 Å². The first kappa shape index (κ1) is 94.1. The molecule has 1 atom stereocenters. The molecule has 1 unspecified atom stereocenters. The van der Waals surface area contributed by atoms with Crippen LogP contribution >= 0.6 is 17.2 Å². The molecule has 0 aromatic carbocycles. The van der Waals surface area contributed by atoms with Gasteiger partial charge in [-0.1, -0.05) is 309 Å². The summed E-state index contributed by atoms with van der Waals surface area (Å²) >= 11 is 0. The number of hydrogen-bond donors (Lipinski definition) is 1. The first-order valence-corrected chi connectivity index (χ1v) is 35.3. The van der Waals surface area contributed by atoms with Crippen LogP contribution in [-0.2, 0) is 35.3 Å². The number of unbranched alkanes of at least 4 members (excludes halogenated alkanes) is 40. The van der Waals surface area contributed by atoms with Crippen molar-refractivity contribution in [2.24, 2.45) is 0 Å². The van der Waals surface area contributed by atoms with Crippen molar-refractivity contribution in [3.05, 3.63) is 36.5 Å². The molecule has 0 spiro atoms. The van der Waals surface area contributed by atoms with Crippen LogP contribution in [0.1, 0.15) is 345 Å². The van der Waals surface area contributed by atoms with E-state index in [0.717, 1.165) is 32.3 Å². The van der Waals surface area contributed by atoms with E-state index in [9.17, 15) is 30.2 Å². The molecular weight excluding hydrogens is 1070 g/mol. The summed E-state index contributed by atoms with van der Waals surface area (Å²) < 4.78 is 20.4. The van der Waals surface area contributed by atoms with Crippen molar-refractivity contribution in [3.8, 4) is 0 Å². The van der Waals surface area contributed by atoms with Gasteiger partial charge in [0, 0.05) is 6.42 Å². The summed E-state index contributed by atoms with van der Waals surface area (Å²) in [4.78, 5) is 21.6. The van der Waals surface area contributed by atoms with Gasteiger partial charge in [0.25, 0.3) is 0 Å². The molecule has 0 bridgehead atoms. The Bertz CT molecular complexity index is 943. The fraction of sp³-hybridized carbons (Fsp3) is 0.910. The Kier molecular flexibility index (Phi) is 107. The first-order valence-electron chi connectivity index (χ1n) is 33.0. The van der Waals surface area contributed by atoms with E-state index in [1.165, 1.54) is 257 Å². The first-order chi connectivity index (χ1) is 38.2. The van der Waals surface area contributed by atoms with Gasteiger partial charge in [0.2, 0.25) is 0 Å². The Morgan fingerprint density at radius 3 is 0.725 bits per heavy atom. The van der Waals surface area contributed by atoms with E-state index < -0.39 is 23.3 Å². The average molecular weight is 1210 g/mol. The second kappa shape index (κ2) is 90.6. The molecule has 0 aromatic heterocycles. The largest absolute Gasteiger partial charge is 4.00 e. The van der Waals surface area contributed by atoms with Crippen LogP contribution in [0.5, 0.6) is 0 Å². The van der Waals surface area contributed by atoms with Gasteiger partial charge in [0.1, 0.15) is 6.61 Å². The van der Waals surface area contributed by atoms with Gasteiger partial charge in [-0.3, -0.25) is 9.42 Å². The minimum absolute atomic E-state index is 0. The van der Waals surface area contributed by atoms with Crippen molar-refractivity contribution in [1.82, 2.24) is 0 Å². The number of aliphatic hydroxyl groups is 1. The van der Waals surface area contributed by atoms with Crippen LogP contribution in [0.15, 0.2) is 36.5 Å². The molecule has 0 aromatic rings. The topological polar surface area (TPSA) is 176 Å². The summed E-state index contributed by atoms with van der Waals surface area (Å²) in [5.41, 5.74) is 2.10. The molecule has 13 heteroatoms.